The fourth-order valence-electron chi connectivity index (χ4n) is 2.99. The number of carbonyl (C=O) groups excluding carboxylic acids is 1. The molecule has 2 aromatic carbocycles. The SMILES string of the molecule is CCOCCOc1ccccc1C(=O)Nc1ccc(C)c(S(=O)(=O)N(CC)CC)c1. The van der Waals surface area contributed by atoms with E-state index in [1.807, 2.05) is 6.92 Å². The Morgan fingerprint density at radius 2 is 1.73 bits per heavy atom. The van der Waals surface area contributed by atoms with Crippen molar-refractivity contribution in [3.05, 3.63) is 53.6 Å². The quantitative estimate of drug-likeness (QED) is 0.545. The molecular weight excluding hydrogens is 404 g/mol. The third kappa shape index (κ3) is 5.81. The normalized spacial score (nSPS) is 11.5. The maximum absolute atomic E-state index is 12.9. The van der Waals surface area contributed by atoms with Crippen molar-refractivity contribution in [2.24, 2.45) is 0 Å². The predicted molar refractivity (Wildman–Crippen MR) is 118 cm³/mol. The van der Waals surface area contributed by atoms with Gasteiger partial charge in [-0.15, -0.1) is 0 Å². The maximum atomic E-state index is 12.9. The Kier molecular flexibility index (Phi) is 8.83. The van der Waals surface area contributed by atoms with Gasteiger partial charge in [-0.3, -0.25) is 4.79 Å². The molecule has 1 N–H and O–H groups in total. The van der Waals surface area contributed by atoms with Crippen LogP contribution >= 0.6 is 0 Å². The van der Waals surface area contributed by atoms with Crippen molar-refractivity contribution in [2.75, 3.05) is 38.2 Å². The average molecular weight is 435 g/mol. The number of sulfonamides is 1. The van der Waals surface area contributed by atoms with Gasteiger partial charge in [-0.1, -0.05) is 32.0 Å². The second-order valence-electron chi connectivity index (χ2n) is 6.57. The molecule has 2 aromatic rings. The summed E-state index contributed by atoms with van der Waals surface area (Å²) in [4.78, 5) is 13.0. The molecule has 0 aromatic heterocycles. The van der Waals surface area contributed by atoms with Crippen LogP contribution in [0.5, 0.6) is 5.75 Å². The van der Waals surface area contributed by atoms with E-state index in [9.17, 15) is 13.2 Å². The van der Waals surface area contributed by atoms with Gasteiger partial charge in [0.05, 0.1) is 17.1 Å². The number of ether oxygens (including phenoxy) is 2. The van der Waals surface area contributed by atoms with Gasteiger partial charge < -0.3 is 14.8 Å². The third-order valence-corrected chi connectivity index (χ3v) is 6.78. The van der Waals surface area contributed by atoms with Gasteiger partial charge in [0.25, 0.3) is 5.91 Å². The monoisotopic (exact) mass is 434 g/mol. The van der Waals surface area contributed by atoms with Gasteiger partial charge in [-0.05, 0) is 43.7 Å². The number of rotatable bonds is 11. The first kappa shape index (κ1) is 23.9. The van der Waals surface area contributed by atoms with Crippen LogP contribution in [0.4, 0.5) is 5.69 Å². The number of aryl methyl sites for hydroxylation is 1. The van der Waals surface area contributed by atoms with Crippen molar-refractivity contribution in [2.45, 2.75) is 32.6 Å². The highest BCUT2D eigenvalue weighted by atomic mass is 32.2. The van der Waals surface area contributed by atoms with E-state index in [4.69, 9.17) is 9.47 Å². The summed E-state index contributed by atoms with van der Waals surface area (Å²) in [6, 6.07) is 11.8. The summed E-state index contributed by atoms with van der Waals surface area (Å²) >= 11 is 0. The Morgan fingerprint density at radius 3 is 2.40 bits per heavy atom. The zero-order chi connectivity index (χ0) is 22.1. The second kappa shape index (κ2) is 11.1. The van der Waals surface area contributed by atoms with Gasteiger partial charge in [0.1, 0.15) is 12.4 Å². The van der Waals surface area contributed by atoms with Crippen molar-refractivity contribution in [1.29, 1.82) is 0 Å². The minimum atomic E-state index is -3.64. The molecule has 0 aliphatic carbocycles. The Hall–Kier alpha value is -2.42. The van der Waals surface area contributed by atoms with E-state index in [0.29, 0.717) is 55.5 Å². The molecule has 0 atom stereocenters. The first-order valence-electron chi connectivity index (χ1n) is 10.1. The van der Waals surface area contributed by atoms with E-state index in [0.717, 1.165) is 0 Å². The Bertz CT molecular complexity index is 956. The lowest BCUT2D eigenvalue weighted by Crippen LogP contribution is -2.31. The fraction of sp³-hybridized carbons (Fsp3) is 0.409. The summed E-state index contributed by atoms with van der Waals surface area (Å²) in [5, 5.41) is 2.78. The zero-order valence-electron chi connectivity index (χ0n) is 18.0. The minimum absolute atomic E-state index is 0.185. The van der Waals surface area contributed by atoms with Crippen LogP contribution in [0.2, 0.25) is 0 Å². The van der Waals surface area contributed by atoms with Gasteiger partial charge in [0.2, 0.25) is 10.0 Å². The number of benzene rings is 2. The van der Waals surface area contributed by atoms with Gasteiger partial charge in [-0.2, -0.15) is 4.31 Å². The van der Waals surface area contributed by atoms with E-state index in [-0.39, 0.29) is 10.8 Å². The van der Waals surface area contributed by atoms with E-state index in [1.165, 1.54) is 10.4 Å². The molecule has 0 unspecified atom stereocenters. The van der Waals surface area contributed by atoms with Crippen LogP contribution in [0.1, 0.15) is 36.7 Å². The van der Waals surface area contributed by atoms with E-state index < -0.39 is 10.0 Å². The fourth-order valence-corrected chi connectivity index (χ4v) is 4.70. The second-order valence-corrected chi connectivity index (χ2v) is 8.47. The van der Waals surface area contributed by atoms with Crippen molar-refractivity contribution in [1.82, 2.24) is 4.31 Å². The standard InChI is InChI=1S/C22H30N2O5S/c1-5-24(6-2)30(26,27)21-16-18(13-12-17(21)4)23-22(25)19-10-8-9-11-20(19)29-15-14-28-7-3/h8-13,16H,5-7,14-15H2,1-4H3,(H,23,25). The number of hydrogen-bond acceptors (Lipinski definition) is 5. The highest BCUT2D eigenvalue weighted by molar-refractivity contribution is 7.89. The lowest BCUT2D eigenvalue weighted by atomic mass is 10.1. The minimum Gasteiger partial charge on any atom is -0.490 e. The van der Waals surface area contributed by atoms with Gasteiger partial charge in [0.15, 0.2) is 0 Å². The molecule has 0 saturated carbocycles. The molecule has 2 rings (SSSR count). The molecule has 7 nitrogen and oxygen atoms in total. The molecule has 8 heteroatoms. The van der Waals surface area contributed by atoms with Crippen molar-refractivity contribution in [3.8, 4) is 5.75 Å². The maximum Gasteiger partial charge on any atom is 0.259 e. The first-order chi connectivity index (χ1) is 14.3. The summed E-state index contributed by atoms with van der Waals surface area (Å²) in [7, 11) is -3.64. The van der Waals surface area contributed by atoms with Crippen molar-refractivity contribution in [3.63, 3.8) is 0 Å². The molecule has 164 valence electrons. The average Bonchev–Trinajstić information content (AvgIpc) is 2.73. The number of hydrogen-bond donors (Lipinski definition) is 1. The molecule has 0 radical (unpaired) electrons. The summed E-state index contributed by atoms with van der Waals surface area (Å²) < 4.78 is 38.2. The number of nitrogens with one attached hydrogen (secondary N) is 1. The van der Waals surface area contributed by atoms with Gasteiger partial charge >= 0.3 is 0 Å². The van der Waals surface area contributed by atoms with Gasteiger partial charge in [-0.25, -0.2) is 8.42 Å². The van der Waals surface area contributed by atoms with Crippen molar-refractivity contribution < 1.29 is 22.7 Å². The molecule has 0 saturated heterocycles. The van der Waals surface area contributed by atoms with Crippen LogP contribution in [0.3, 0.4) is 0 Å². The van der Waals surface area contributed by atoms with Crippen molar-refractivity contribution >= 4 is 21.6 Å². The topological polar surface area (TPSA) is 84.9 Å². The molecule has 0 bridgehead atoms. The molecule has 1 amide bonds. The zero-order valence-corrected chi connectivity index (χ0v) is 18.8. The molecule has 0 aliphatic heterocycles. The van der Waals surface area contributed by atoms with E-state index in [2.05, 4.69) is 5.32 Å². The lowest BCUT2D eigenvalue weighted by molar-refractivity contribution is 0.0998. The highest BCUT2D eigenvalue weighted by Crippen LogP contribution is 2.25. The summed E-state index contributed by atoms with van der Waals surface area (Å²) in [6.07, 6.45) is 0. The van der Waals surface area contributed by atoms with E-state index in [1.54, 1.807) is 57.2 Å². The van der Waals surface area contributed by atoms with Crippen LogP contribution < -0.4 is 10.1 Å². The molecule has 0 fully saturated rings. The van der Waals surface area contributed by atoms with Crippen LogP contribution in [0, 0.1) is 6.92 Å². The molecule has 30 heavy (non-hydrogen) atoms. The van der Waals surface area contributed by atoms with E-state index >= 15 is 0 Å². The molecule has 0 spiro atoms. The number of amides is 1. The van der Waals surface area contributed by atoms with Crippen LogP contribution in [-0.4, -0.2) is 51.5 Å². The summed E-state index contributed by atoms with van der Waals surface area (Å²) in [6.45, 7) is 9.34. The summed E-state index contributed by atoms with van der Waals surface area (Å²) in [5.41, 5.74) is 1.39. The smallest absolute Gasteiger partial charge is 0.259 e. The largest absolute Gasteiger partial charge is 0.490 e. The Balaban J connectivity index is 2.25. The molecular formula is C22H30N2O5S. The lowest BCUT2D eigenvalue weighted by Gasteiger charge is -2.20. The number of anilines is 1. The molecule has 0 aliphatic rings. The number of nitrogens with zero attached hydrogens (tertiary/aromatic N) is 1. The first-order valence-corrected chi connectivity index (χ1v) is 11.5. The number of carbonyl (C=O) groups is 1. The van der Waals surface area contributed by atoms with Gasteiger partial charge in [0, 0.05) is 25.4 Å². The van der Waals surface area contributed by atoms with Crippen LogP contribution in [-0.2, 0) is 14.8 Å². The summed E-state index contributed by atoms with van der Waals surface area (Å²) in [5.74, 6) is 0.0647. The van der Waals surface area contributed by atoms with Crippen LogP contribution in [0.15, 0.2) is 47.4 Å². The predicted octanol–water partition coefficient (Wildman–Crippen LogP) is 3.69. The molecule has 0 heterocycles. The number of para-hydroxylation sites is 1. The highest BCUT2D eigenvalue weighted by Gasteiger charge is 2.24. The third-order valence-electron chi connectivity index (χ3n) is 4.59. The van der Waals surface area contributed by atoms with Crippen LogP contribution in [0.25, 0.3) is 0 Å². The Morgan fingerprint density at radius 1 is 1.03 bits per heavy atom. The Labute approximate surface area is 179 Å².